The molecule has 0 aliphatic heterocycles. The van der Waals surface area contributed by atoms with Gasteiger partial charge in [-0.15, -0.1) is 11.3 Å². The molecule has 80 valence electrons. The number of nitrogens with zero attached hydrogens (tertiary/aromatic N) is 1. The average molecular weight is 213 g/mol. The van der Waals surface area contributed by atoms with Gasteiger partial charge >= 0.3 is 0 Å². The number of hydrogen-bond acceptors (Lipinski definition) is 3. The third kappa shape index (κ3) is 2.79. The van der Waals surface area contributed by atoms with Crippen LogP contribution in [0.5, 0.6) is 0 Å². The molecule has 0 aliphatic carbocycles. The van der Waals surface area contributed by atoms with Gasteiger partial charge in [0.25, 0.3) is 0 Å². The van der Waals surface area contributed by atoms with Crippen LogP contribution in [0.3, 0.4) is 0 Å². The van der Waals surface area contributed by atoms with E-state index >= 15 is 0 Å². The van der Waals surface area contributed by atoms with Gasteiger partial charge in [0.05, 0.1) is 12.3 Å². The van der Waals surface area contributed by atoms with E-state index in [1.807, 2.05) is 6.92 Å². The van der Waals surface area contributed by atoms with Gasteiger partial charge in [-0.25, -0.2) is 4.98 Å². The van der Waals surface area contributed by atoms with Crippen LogP contribution < -0.4 is 0 Å². The molecule has 0 atom stereocenters. The quantitative estimate of drug-likeness (QED) is 0.834. The summed E-state index contributed by atoms with van der Waals surface area (Å²) in [5, 5.41) is 9.82. The molecular formula is C11H19NOS. The summed E-state index contributed by atoms with van der Waals surface area (Å²) in [5.74, 6) is 0. The highest BCUT2D eigenvalue weighted by molar-refractivity contribution is 7.11. The Labute approximate surface area is 90.0 Å². The molecule has 0 aliphatic rings. The molecule has 1 heterocycles. The molecule has 0 amide bonds. The molecule has 0 fully saturated rings. The average Bonchev–Trinajstić information content (AvgIpc) is 2.47. The zero-order chi connectivity index (χ0) is 10.8. The molecule has 0 bridgehead atoms. The number of rotatable bonds is 4. The Kier molecular flexibility index (Phi) is 3.67. The van der Waals surface area contributed by atoms with Gasteiger partial charge in [-0.1, -0.05) is 27.2 Å². The number of aliphatic hydroxyl groups is 1. The van der Waals surface area contributed by atoms with Crippen LogP contribution in [-0.2, 0) is 13.0 Å². The third-order valence-corrected chi connectivity index (χ3v) is 3.81. The lowest BCUT2D eigenvalue weighted by Crippen LogP contribution is -2.12. The first-order valence-electron chi connectivity index (χ1n) is 5.04. The van der Waals surface area contributed by atoms with Crippen molar-refractivity contribution in [2.75, 3.05) is 0 Å². The van der Waals surface area contributed by atoms with Gasteiger partial charge in [-0.2, -0.15) is 0 Å². The fraction of sp³-hybridized carbons (Fsp3) is 0.727. The van der Waals surface area contributed by atoms with Gasteiger partial charge in [0, 0.05) is 4.88 Å². The summed E-state index contributed by atoms with van der Waals surface area (Å²) >= 11 is 1.64. The molecule has 0 spiro atoms. The molecule has 1 N–H and O–H groups in total. The first-order chi connectivity index (χ1) is 6.48. The van der Waals surface area contributed by atoms with Gasteiger partial charge in [0.15, 0.2) is 0 Å². The van der Waals surface area contributed by atoms with Gasteiger partial charge in [0.1, 0.15) is 5.01 Å². The largest absolute Gasteiger partial charge is 0.389 e. The Hall–Kier alpha value is -0.410. The van der Waals surface area contributed by atoms with Gasteiger partial charge in [0.2, 0.25) is 0 Å². The number of thiazole rings is 1. The van der Waals surface area contributed by atoms with E-state index in [0.29, 0.717) is 5.41 Å². The van der Waals surface area contributed by atoms with Crippen LogP contribution in [-0.4, -0.2) is 10.1 Å². The molecule has 0 unspecified atom stereocenters. The van der Waals surface area contributed by atoms with Crippen LogP contribution in [0.2, 0.25) is 0 Å². The lowest BCUT2D eigenvalue weighted by Gasteiger charge is -2.21. The van der Waals surface area contributed by atoms with Crippen molar-refractivity contribution in [2.45, 2.75) is 47.1 Å². The standard InChI is InChI=1S/C11H19NOS/c1-5-11(3,4)6-9-8(2)12-10(7-13)14-9/h13H,5-7H2,1-4H3. The smallest absolute Gasteiger partial charge is 0.119 e. The number of aliphatic hydroxyl groups excluding tert-OH is 1. The predicted octanol–water partition coefficient (Wildman–Crippen LogP) is 2.92. The van der Waals surface area contributed by atoms with Crippen molar-refractivity contribution in [3.8, 4) is 0 Å². The predicted molar refractivity (Wildman–Crippen MR) is 60.5 cm³/mol. The molecule has 1 aromatic heterocycles. The van der Waals surface area contributed by atoms with Crippen molar-refractivity contribution in [3.63, 3.8) is 0 Å². The molecule has 0 saturated heterocycles. The second kappa shape index (κ2) is 4.41. The van der Waals surface area contributed by atoms with Crippen LogP contribution in [0.25, 0.3) is 0 Å². The fourth-order valence-electron chi connectivity index (χ4n) is 1.28. The highest BCUT2D eigenvalue weighted by Gasteiger charge is 2.19. The summed E-state index contributed by atoms with van der Waals surface area (Å²) in [6, 6.07) is 0. The van der Waals surface area contributed by atoms with Crippen molar-refractivity contribution in [2.24, 2.45) is 5.41 Å². The fourth-order valence-corrected chi connectivity index (χ4v) is 2.47. The molecule has 14 heavy (non-hydrogen) atoms. The highest BCUT2D eigenvalue weighted by atomic mass is 32.1. The van der Waals surface area contributed by atoms with Gasteiger partial charge < -0.3 is 5.11 Å². The van der Waals surface area contributed by atoms with Crippen molar-refractivity contribution in [1.29, 1.82) is 0 Å². The van der Waals surface area contributed by atoms with Crippen LogP contribution in [0.1, 0.15) is 42.8 Å². The zero-order valence-electron chi connectivity index (χ0n) is 9.42. The first-order valence-corrected chi connectivity index (χ1v) is 5.86. The lowest BCUT2D eigenvalue weighted by molar-refractivity contribution is 0.281. The SMILES string of the molecule is CCC(C)(C)Cc1sc(CO)nc1C. The summed E-state index contributed by atoms with van der Waals surface area (Å²) in [5.41, 5.74) is 1.42. The van der Waals surface area contributed by atoms with E-state index in [2.05, 4.69) is 25.8 Å². The molecule has 0 aromatic carbocycles. The summed E-state index contributed by atoms with van der Waals surface area (Å²) in [6.45, 7) is 8.84. The van der Waals surface area contributed by atoms with Crippen LogP contribution >= 0.6 is 11.3 Å². The lowest BCUT2D eigenvalue weighted by atomic mass is 9.86. The monoisotopic (exact) mass is 213 g/mol. The first kappa shape index (κ1) is 11.7. The topological polar surface area (TPSA) is 33.1 Å². The van der Waals surface area contributed by atoms with Gasteiger partial charge in [-0.3, -0.25) is 0 Å². The van der Waals surface area contributed by atoms with Gasteiger partial charge in [-0.05, 0) is 18.8 Å². The van der Waals surface area contributed by atoms with Crippen molar-refractivity contribution in [3.05, 3.63) is 15.6 Å². The van der Waals surface area contributed by atoms with E-state index in [0.717, 1.165) is 17.1 Å². The number of hydrogen-bond donors (Lipinski definition) is 1. The van der Waals surface area contributed by atoms with E-state index in [1.165, 1.54) is 11.3 Å². The van der Waals surface area contributed by atoms with E-state index < -0.39 is 0 Å². The molecule has 3 heteroatoms. The number of aromatic nitrogens is 1. The molecule has 1 rings (SSSR count). The summed E-state index contributed by atoms with van der Waals surface area (Å²) in [4.78, 5) is 5.64. The zero-order valence-corrected chi connectivity index (χ0v) is 10.2. The Morgan fingerprint density at radius 1 is 1.43 bits per heavy atom. The van der Waals surface area contributed by atoms with Crippen LogP contribution in [0.4, 0.5) is 0 Å². The van der Waals surface area contributed by atoms with Crippen LogP contribution in [0.15, 0.2) is 0 Å². The Morgan fingerprint density at radius 3 is 2.50 bits per heavy atom. The molecule has 0 radical (unpaired) electrons. The number of aryl methyl sites for hydroxylation is 1. The second-order valence-corrected chi connectivity index (χ2v) is 5.64. The van der Waals surface area contributed by atoms with Crippen LogP contribution in [0, 0.1) is 12.3 Å². The normalized spacial score (nSPS) is 12.1. The Balaban J connectivity index is 2.81. The van der Waals surface area contributed by atoms with E-state index in [1.54, 1.807) is 11.3 Å². The minimum atomic E-state index is 0.0675. The Morgan fingerprint density at radius 2 is 2.07 bits per heavy atom. The van der Waals surface area contributed by atoms with Crippen molar-refractivity contribution < 1.29 is 5.11 Å². The van der Waals surface area contributed by atoms with E-state index in [-0.39, 0.29) is 6.61 Å². The minimum absolute atomic E-state index is 0.0675. The highest BCUT2D eigenvalue weighted by Crippen LogP contribution is 2.30. The van der Waals surface area contributed by atoms with Crippen molar-refractivity contribution in [1.82, 2.24) is 4.98 Å². The second-order valence-electron chi connectivity index (χ2n) is 4.47. The molecule has 2 nitrogen and oxygen atoms in total. The minimum Gasteiger partial charge on any atom is -0.389 e. The maximum atomic E-state index is 8.98. The van der Waals surface area contributed by atoms with Crippen molar-refractivity contribution >= 4 is 11.3 Å². The Bertz CT molecular complexity index is 304. The molecule has 0 saturated carbocycles. The summed E-state index contributed by atoms with van der Waals surface area (Å²) < 4.78 is 0. The maximum absolute atomic E-state index is 8.98. The molecule has 1 aromatic rings. The summed E-state index contributed by atoms with van der Waals surface area (Å²) in [6.07, 6.45) is 2.23. The van der Waals surface area contributed by atoms with E-state index in [9.17, 15) is 0 Å². The van der Waals surface area contributed by atoms with E-state index in [4.69, 9.17) is 5.11 Å². The molecular weight excluding hydrogens is 194 g/mol. The summed E-state index contributed by atoms with van der Waals surface area (Å²) in [7, 11) is 0. The third-order valence-electron chi connectivity index (χ3n) is 2.67. The maximum Gasteiger partial charge on any atom is 0.119 e.